The predicted octanol–water partition coefficient (Wildman–Crippen LogP) is 7.43. The van der Waals surface area contributed by atoms with E-state index in [1.165, 1.54) is 15.9 Å². The maximum atomic E-state index is 13.8. The molecule has 0 aromatic heterocycles. The Morgan fingerprint density at radius 3 is 1.92 bits per heavy atom. The van der Waals surface area contributed by atoms with E-state index in [0.717, 1.165) is 10.0 Å². The molecule has 0 spiro atoms. The summed E-state index contributed by atoms with van der Waals surface area (Å²) in [6.07, 6.45) is 1.51. The van der Waals surface area contributed by atoms with Crippen LogP contribution in [0.25, 0.3) is 6.08 Å². The Hall–Kier alpha value is -3.78. The summed E-state index contributed by atoms with van der Waals surface area (Å²) in [6.45, 7) is 0.275. The van der Waals surface area contributed by atoms with Crippen LogP contribution in [0.4, 0.5) is 11.4 Å². The maximum absolute atomic E-state index is 13.8. The van der Waals surface area contributed by atoms with Crippen molar-refractivity contribution in [3.8, 4) is 5.75 Å². The Balaban J connectivity index is 1.59. The second kappa shape index (κ2) is 11.3. The molecule has 0 saturated carbocycles. The molecular weight excluding hydrogens is 584 g/mol. The van der Waals surface area contributed by atoms with Gasteiger partial charge in [-0.1, -0.05) is 82.1 Å². The smallest absolute Gasteiger partial charge is 0.270 e. The van der Waals surface area contributed by atoms with Gasteiger partial charge in [-0.15, -0.1) is 0 Å². The first-order valence-electron chi connectivity index (χ1n) is 11.6. The third-order valence-corrected chi connectivity index (χ3v) is 7.26. The van der Waals surface area contributed by atoms with Crippen LogP contribution < -0.4 is 14.5 Å². The van der Waals surface area contributed by atoms with Crippen molar-refractivity contribution in [3.05, 3.63) is 129 Å². The van der Waals surface area contributed by atoms with E-state index in [1.807, 2.05) is 60.7 Å². The van der Waals surface area contributed by atoms with Gasteiger partial charge in [0.1, 0.15) is 17.9 Å². The zero-order valence-corrected chi connectivity index (χ0v) is 23.0. The van der Waals surface area contributed by atoms with Gasteiger partial charge in [-0.2, -0.15) is 0 Å². The minimum Gasteiger partial charge on any atom is -0.488 e. The van der Waals surface area contributed by atoms with Crippen molar-refractivity contribution in [1.29, 1.82) is 0 Å². The molecule has 1 heterocycles. The van der Waals surface area contributed by atoms with Gasteiger partial charge in [0.15, 0.2) is 5.11 Å². The highest BCUT2D eigenvalue weighted by Gasteiger charge is 2.41. The van der Waals surface area contributed by atoms with Gasteiger partial charge >= 0.3 is 0 Å². The van der Waals surface area contributed by atoms with Gasteiger partial charge in [0.2, 0.25) is 0 Å². The first-order valence-corrected chi connectivity index (χ1v) is 13.2. The van der Waals surface area contributed by atoms with Crippen LogP contribution in [0, 0.1) is 0 Å². The number of para-hydroxylation sites is 2. The minimum atomic E-state index is -0.532. The number of thiocarbonyl (C=S) groups is 1. The highest BCUT2D eigenvalue weighted by molar-refractivity contribution is 9.10. The van der Waals surface area contributed by atoms with E-state index in [9.17, 15) is 9.59 Å². The molecule has 4 aromatic carbocycles. The fraction of sp³-hybridized carbons (Fsp3) is 0.0333. The van der Waals surface area contributed by atoms with Crippen molar-refractivity contribution in [3.63, 3.8) is 0 Å². The number of nitrogens with zero attached hydrogens (tertiary/aromatic N) is 2. The lowest BCUT2D eigenvalue weighted by Crippen LogP contribution is -2.56. The van der Waals surface area contributed by atoms with Crippen LogP contribution in [-0.2, 0) is 16.2 Å². The predicted molar refractivity (Wildman–Crippen MR) is 158 cm³/mol. The Kier molecular flexibility index (Phi) is 7.69. The molecule has 188 valence electrons. The Bertz CT molecular complexity index is 1500. The molecule has 0 bridgehead atoms. The summed E-state index contributed by atoms with van der Waals surface area (Å²) in [5, 5.41) is 0.516. The fourth-order valence-corrected chi connectivity index (χ4v) is 4.99. The Labute approximate surface area is 239 Å². The number of hydrogen-bond donors (Lipinski definition) is 0. The average Bonchev–Trinajstić information content (AvgIpc) is 2.93. The summed E-state index contributed by atoms with van der Waals surface area (Å²) >= 11 is 15.5. The van der Waals surface area contributed by atoms with E-state index >= 15 is 0 Å². The van der Waals surface area contributed by atoms with Gasteiger partial charge in [-0.25, -0.2) is 0 Å². The maximum Gasteiger partial charge on any atom is 0.270 e. The Morgan fingerprint density at radius 2 is 1.34 bits per heavy atom. The van der Waals surface area contributed by atoms with Crippen molar-refractivity contribution < 1.29 is 14.3 Å². The summed E-state index contributed by atoms with van der Waals surface area (Å²) in [7, 11) is 0. The van der Waals surface area contributed by atoms with Gasteiger partial charge in [0.25, 0.3) is 11.8 Å². The highest BCUT2D eigenvalue weighted by Crippen LogP contribution is 2.32. The number of halogens is 2. The number of benzene rings is 4. The van der Waals surface area contributed by atoms with Crippen LogP contribution >= 0.6 is 39.7 Å². The molecule has 2 amide bonds. The monoisotopic (exact) mass is 602 g/mol. The van der Waals surface area contributed by atoms with Crippen molar-refractivity contribution in [2.45, 2.75) is 6.61 Å². The van der Waals surface area contributed by atoms with E-state index in [0.29, 0.717) is 27.7 Å². The van der Waals surface area contributed by atoms with Crippen LogP contribution in [0.5, 0.6) is 5.75 Å². The lowest BCUT2D eigenvalue weighted by Gasteiger charge is -2.36. The van der Waals surface area contributed by atoms with Crippen LogP contribution in [0.2, 0.25) is 5.02 Å². The first kappa shape index (κ1) is 25.9. The van der Waals surface area contributed by atoms with Gasteiger partial charge in [-0.3, -0.25) is 19.4 Å². The van der Waals surface area contributed by atoms with Crippen molar-refractivity contribution in [2.24, 2.45) is 0 Å². The molecule has 1 saturated heterocycles. The fourth-order valence-electron chi connectivity index (χ4n) is 4.03. The molecule has 0 unspecified atom stereocenters. The van der Waals surface area contributed by atoms with Crippen LogP contribution in [-0.4, -0.2) is 16.9 Å². The number of hydrogen-bond acceptors (Lipinski definition) is 4. The molecule has 8 heteroatoms. The zero-order chi connectivity index (χ0) is 26.6. The summed E-state index contributed by atoms with van der Waals surface area (Å²) in [4.78, 5) is 30.3. The second-order valence-electron chi connectivity index (χ2n) is 8.36. The van der Waals surface area contributed by atoms with E-state index in [-0.39, 0.29) is 17.3 Å². The summed E-state index contributed by atoms with van der Waals surface area (Å²) < 4.78 is 7.02. The van der Waals surface area contributed by atoms with Crippen molar-refractivity contribution >= 4 is 74.1 Å². The second-order valence-corrected chi connectivity index (χ2v) is 10.0. The summed E-state index contributed by atoms with van der Waals surface area (Å²) in [5.41, 5.74) is 2.48. The molecule has 38 heavy (non-hydrogen) atoms. The van der Waals surface area contributed by atoms with Gasteiger partial charge in [0.05, 0.1) is 11.4 Å². The largest absolute Gasteiger partial charge is 0.488 e. The molecular formula is C30H20BrClN2O3S. The highest BCUT2D eigenvalue weighted by atomic mass is 79.9. The quantitative estimate of drug-likeness (QED) is 0.131. The third kappa shape index (κ3) is 5.27. The van der Waals surface area contributed by atoms with E-state index in [4.69, 9.17) is 28.6 Å². The van der Waals surface area contributed by atoms with Gasteiger partial charge in [0, 0.05) is 20.6 Å². The van der Waals surface area contributed by atoms with E-state index < -0.39 is 11.8 Å². The normalized spacial score (nSPS) is 13.6. The first-order chi connectivity index (χ1) is 18.4. The van der Waals surface area contributed by atoms with E-state index in [1.54, 1.807) is 42.5 Å². The molecule has 0 atom stereocenters. The van der Waals surface area contributed by atoms with Crippen LogP contribution in [0.3, 0.4) is 0 Å². The number of ether oxygens (including phenoxy) is 1. The standard InChI is InChI=1S/C30H20BrClN2O3S/c31-26-14-8-7-9-20(26)19-37-27-16-15-22(32)17-21(27)18-25-28(35)33(23-10-3-1-4-11-23)30(38)34(29(25)36)24-12-5-2-6-13-24/h1-18H,19H2. The zero-order valence-electron chi connectivity index (χ0n) is 19.9. The molecule has 0 radical (unpaired) electrons. The molecule has 1 fully saturated rings. The lowest BCUT2D eigenvalue weighted by molar-refractivity contribution is -0.120. The minimum absolute atomic E-state index is 0.0701. The lowest BCUT2D eigenvalue weighted by atomic mass is 10.0. The molecule has 1 aliphatic heterocycles. The molecule has 5 nitrogen and oxygen atoms in total. The van der Waals surface area contributed by atoms with Gasteiger partial charge in [-0.05, 0) is 66.8 Å². The molecule has 1 aliphatic rings. The molecule has 4 aromatic rings. The molecule has 0 aliphatic carbocycles. The third-order valence-electron chi connectivity index (χ3n) is 5.89. The summed E-state index contributed by atoms with van der Waals surface area (Å²) in [6, 6.07) is 30.8. The number of rotatable bonds is 6. The SMILES string of the molecule is O=C1C(=Cc2cc(Cl)ccc2OCc2ccccc2Br)C(=O)N(c2ccccc2)C(=S)N1c1ccccc1. The topological polar surface area (TPSA) is 49.9 Å². The van der Waals surface area contributed by atoms with Crippen LogP contribution in [0.1, 0.15) is 11.1 Å². The Morgan fingerprint density at radius 1 is 0.789 bits per heavy atom. The average molecular weight is 604 g/mol. The molecule has 0 N–H and O–H groups in total. The number of anilines is 2. The van der Waals surface area contributed by atoms with Gasteiger partial charge < -0.3 is 4.74 Å². The number of amides is 2. The number of carbonyl (C=O) groups is 2. The van der Waals surface area contributed by atoms with E-state index in [2.05, 4.69) is 15.9 Å². The van der Waals surface area contributed by atoms with Crippen molar-refractivity contribution in [2.75, 3.05) is 9.80 Å². The molecule has 5 rings (SSSR count). The van der Waals surface area contributed by atoms with Crippen LogP contribution in [0.15, 0.2) is 113 Å². The summed E-state index contributed by atoms with van der Waals surface area (Å²) in [5.74, 6) is -0.589. The van der Waals surface area contributed by atoms with Crippen molar-refractivity contribution in [1.82, 2.24) is 0 Å². The number of carbonyl (C=O) groups excluding carboxylic acids is 2.